The summed E-state index contributed by atoms with van der Waals surface area (Å²) in [5, 5.41) is 0.689. The van der Waals surface area contributed by atoms with Crippen LogP contribution >= 0.6 is 11.6 Å². The Morgan fingerprint density at radius 3 is 2.42 bits per heavy atom. The Labute approximate surface area is 116 Å². The SMILES string of the molecule is Clc1ccc(Oc2cccc(C3OCCO3)c2)cc1. The van der Waals surface area contributed by atoms with Crippen LogP contribution < -0.4 is 4.74 Å². The molecule has 98 valence electrons. The van der Waals surface area contributed by atoms with E-state index >= 15 is 0 Å². The maximum absolute atomic E-state index is 5.84. The molecular formula is C15H13ClO3. The highest BCUT2D eigenvalue weighted by Gasteiger charge is 2.18. The van der Waals surface area contributed by atoms with Crippen molar-refractivity contribution in [1.29, 1.82) is 0 Å². The normalized spacial score (nSPS) is 15.6. The first-order chi connectivity index (χ1) is 9.31. The molecule has 1 saturated heterocycles. The lowest BCUT2D eigenvalue weighted by atomic mass is 10.2. The van der Waals surface area contributed by atoms with Crippen molar-refractivity contribution in [2.75, 3.05) is 13.2 Å². The number of hydrogen-bond acceptors (Lipinski definition) is 3. The molecule has 3 rings (SSSR count). The molecule has 0 bridgehead atoms. The van der Waals surface area contributed by atoms with E-state index in [1.807, 2.05) is 36.4 Å². The van der Waals surface area contributed by atoms with Crippen molar-refractivity contribution in [2.45, 2.75) is 6.29 Å². The van der Waals surface area contributed by atoms with Gasteiger partial charge >= 0.3 is 0 Å². The third kappa shape index (κ3) is 3.07. The van der Waals surface area contributed by atoms with Gasteiger partial charge in [0.15, 0.2) is 6.29 Å². The van der Waals surface area contributed by atoms with Crippen molar-refractivity contribution in [3.05, 3.63) is 59.1 Å². The van der Waals surface area contributed by atoms with Gasteiger partial charge in [0.1, 0.15) is 11.5 Å². The standard InChI is InChI=1S/C15H13ClO3/c16-12-4-6-13(7-5-12)19-14-3-1-2-11(10-14)15-17-8-9-18-15/h1-7,10,15H,8-9H2. The van der Waals surface area contributed by atoms with E-state index in [1.54, 1.807) is 12.1 Å². The minimum atomic E-state index is -0.284. The van der Waals surface area contributed by atoms with Crippen molar-refractivity contribution in [2.24, 2.45) is 0 Å². The van der Waals surface area contributed by atoms with E-state index in [9.17, 15) is 0 Å². The lowest BCUT2D eigenvalue weighted by Crippen LogP contribution is -1.97. The lowest BCUT2D eigenvalue weighted by molar-refractivity contribution is -0.0442. The van der Waals surface area contributed by atoms with Crippen molar-refractivity contribution in [3.63, 3.8) is 0 Å². The van der Waals surface area contributed by atoms with Crippen LogP contribution in [0.3, 0.4) is 0 Å². The molecular weight excluding hydrogens is 264 g/mol. The zero-order chi connectivity index (χ0) is 13.1. The Hall–Kier alpha value is -1.55. The van der Waals surface area contributed by atoms with Gasteiger partial charge in [-0.3, -0.25) is 0 Å². The molecule has 0 atom stereocenters. The summed E-state index contributed by atoms with van der Waals surface area (Å²) in [7, 11) is 0. The highest BCUT2D eigenvalue weighted by Crippen LogP contribution is 2.29. The predicted molar refractivity (Wildman–Crippen MR) is 72.6 cm³/mol. The van der Waals surface area contributed by atoms with Gasteiger partial charge in [-0.25, -0.2) is 0 Å². The van der Waals surface area contributed by atoms with Crippen LogP contribution in [-0.4, -0.2) is 13.2 Å². The topological polar surface area (TPSA) is 27.7 Å². The Kier molecular flexibility index (Phi) is 3.69. The van der Waals surface area contributed by atoms with Crippen LogP contribution in [0.4, 0.5) is 0 Å². The van der Waals surface area contributed by atoms with Gasteiger partial charge in [0, 0.05) is 10.6 Å². The monoisotopic (exact) mass is 276 g/mol. The summed E-state index contributed by atoms with van der Waals surface area (Å²) in [5.41, 5.74) is 0.962. The molecule has 1 aliphatic heterocycles. The second-order valence-electron chi connectivity index (χ2n) is 4.20. The molecule has 0 aromatic heterocycles. The van der Waals surface area contributed by atoms with Crippen molar-refractivity contribution in [3.8, 4) is 11.5 Å². The summed E-state index contributed by atoms with van der Waals surface area (Å²) in [4.78, 5) is 0. The second-order valence-corrected chi connectivity index (χ2v) is 4.64. The molecule has 1 heterocycles. The summed E-state index contributed by atoms with van der Waals surface area (Å²) >= 11 is 5.84. The first kappa shape index (κ1) is 12.5. The van der Waals surface area contributed by atoms with E-state index in [0.717, 1.165) is 17.1 Å². The molecule has 0 N–H and O–H groups in total. The quantitative estimate of drug-likeness (QED) is 0.842. The van der Waals surface area contributed by atoms with E-state index in [0.29, 0.717) is 18.2 Å². The third-order valence-electron chi connectivity index (χ3n) is 2.80. The molecule has 0 saturated carbocycles. The van der Waals surface area contributed by atoms with Gasteiger partial charge in [-0.15, -0.1) is 0 Å². The maximum Gasteiger partial charge on any atom is 0.184 e. The number of hydrogen-bond donors (Lipinski definition) is 0. The highest BCUT2D eigenvalue weighted by atomic mass is 35.5. The van der Waals surface area contributed by atoms with Crippen LogP contribution in [0.15, 0.2) is 48.5 Å². The molecule has 2 aromatic carbocycles. The Balaban J connectivity index is 1.77. The molecule has 4 heteroatoms. The van der Waals surface area contributed by atoms with Gasteiger partial charge in [-0.1, -0.05) is 23.7 Å². The average molecular weight is 277 g/mol. The number of ether oxygens (including phenoxy) is 3. The van der Waals surface area contributed by atoms with Gasteiger partial charge < -0.3 is 14.2 Å². The summed E-state index contributed by atoms with van der Waals surface area (Å²) in [6, 6.07) is 15.0. The lowest BCUT2D eigenvalue weighted by Gasteiger charge is -2.11. The molecule has 2 aromatic rings. The van der Waals surface area contributed by atoms with Crippen LogP contribution in [0.5, 0.6) is 11.5 Å². The molecule has 0 radical (unpaired) electrons. The molecule has 0 amide bonds. The summed E-state index contributed by atoms with van der Waals surface area (Å²) in [5.74, 6) is 1.49. The summed E-state index contributed by atoms with van der Waals surface area (Å²) in [6.07, 6.45) is -0.284. The van der Waals surface area contributed by atoms with Crippen molar-refractivity contribution >= 4 is 11.6 Å². The molecule has 19 heavy (non-hydrogen) atoms. The molecule has 0 spiro atoms. The minimum Gasteiger partial charge on any atom is -0.457 e. The average Bonchev–Trinajstić information content (AvgIpc) is 2.96. The van der Waals surface area contributed by atoms with Gasteiger partial charge in [0.05, 0.1) is 13.2 Å². The fraction of sp³-hybridized carbons (Fsp3) is 0.200. The van der Waals surface area contributed by atoms with Crippen LogP contribution in [0, 0.1) is 0 Å². The predicted octanol–water partition coefficient (Wildman–Crippen LogP) is 4.18. The van der Waals surface area contributed by atoms with Gasteiger partial charge in [-0.05, 0) is 36.4 Å². The number of benzene rings is 2. The first-order valence-corrected chi connectivity index (χ1v) is 6.46. The summed E-state index contributed by atoms with van der Waals surface area (Å²) < 4.78 is 16.7. The van der Waals surface area contributed by atoms with Gasteiger partial charge in [0.2, 0.25) is 0 Å². The maximum atomic E-state index is 5.84. The minimum absolute atomic E-state index is 0.284. The smallest absolute Gasteiger partial charge is 0.184 e. The zero-order valence-corrected chi connectivity index (χ0v) is 11.0. The Morgan fingerprint density at radius 2 is 1.68 bits per heavy atom. The van der Waals surface area contributed by atoms with E-state index in [1.165, 1.54) is 0 Å². The first-order valence-electron chi connectivity index (χ1n) is 6.08. The van der Waals surface area contributed by atoms with E-state index in [-0.39, 0.29) is 6.29 Å². The molecule has 0 aliphatic carbocycles. The van der Waals surface area contributed by atoms with Crippen molar-refractivity contribution in [1.82, 2.24) is 0 Å². The fourth-order valence-corrected chi connectivity index (χ4v) is 2.04. The van der Waals surface area contributed by atoms with E-state index in [2.05, 4.69) is 0 Å². The van der Waals surface area contributed by atoms with Crippen LogP contribution in [0.1, 0.15) is 11.9 Å². The van der Waals surface area contributed by atoms with Gasteiger partial charge in [-0.2, -0.15) is 0 Å². The fourth-order valence-electron chi connectivity index (χ4n) is 1.91. The number of rotatable bonds is 3. The highest BCUT2D eigenvalue weighted by molar-refractivity contribution is 6.30. The molecule has 0 unspecified atom stereocenters. The van der Waals surface area contributed by atoms with Crippen LogP contribution in [0.2, 0.25) is 5.02 Å². The Morgan fingerprint density at radius 1 is 0.947 bits per heavy atom. The largest absolute Gasteiger partial charge is 0.457 e. The van der Waals surface area contributed by atoms with Gasteiger partial charge in [0.25, 0.3) is 0 Å². The Bertz CT molecular complexity index is 548. The van der Waals surface area contributed by atoms with Crippen LogP contribution in [-0.2, 0) is 9.47 Å². The molecule has 1 fully saturated rings. The van der Waals surface area contributed by atoms with E-state index < -0.39 is 0 Å². The van der Waals surface area contributed by atoms with Crippen molar-refractivity contribution < 1.29 is 14.2 Å². The molecule has 3 nitrogen and oxygen atoms in total. The molecule has 1 aliphatic rings. The summed E-state index contributed by atoms with van der Waals surface area (Å²) in [6.45, 7) is 1.26. The third-order valence-corrected chi connectivity index (χ3v) is 3.05. The zero-order valence-electron chi connectivity index (χ0n) is 10.2. The van der Waals surface area contributed by atoms with Crippen LogP contribution in [0.25, 0.3) is 0 Å². The van der Waals surface area contributed by atoms with E-state index in [4.69, 9.17) is 25.8 Å². The number of halogens is 1. The second kappa shape index (κ2) is 5.61.